The van der Waals surface area contributed by atoms with Gasteiger partial charge < -0.3 is 25.7 Å². The average molecular weight is 731 g/mol. The third kappa shape index (κ3) is 10.4. The first-order valence-corrected chi connectivity index (χ1v) is 18.4. The van der Waals surface area contributed by atoms with Gasteiger partial charge in [-0.05, 0) is 96.3 Å². The van der Waals surface area contributed by atoms with Gasteiger partial charge in [-0.25, -0.2) is 23.0 Å². The van der Waals surface area contributed by atoms with Crippen molar-refractivity contribution in [2.45, 2.75) is 90.1 Å². The van der Waals surface area contributed by atoms with Gasteiger partial charge in [0, 0.05) is 47.4 Å². The minimum atomic E-state index is -3.40. The highest BCUT2D eigenvalue weighted by molar-refractivity contribution is 7.90. The number of carbonyl (C=O) groups is 4. The van der Waals surface area contributed by atoms with E-state index in [2.05, 4.69) is 15.6 Å². The molecule has 50 heavy (non-hydrogen) atoms. The number of nitrogens with zero attached hydrogens (tertiary/aromatic N) is 4. The topological polar surface area (TPSA) is 190 Å². The Morgan fingerprint density at radius 2 is 1.38 bits per heavy atom. The van der Waals surface area contributed by atoms with Crippen LogP contribution in [0.5, 0.6) is 0 Å². The molecule has 4 N–H and O–H groups in total. The van der Waals surface area contributed by atoms with E-state index < -0.39 is 39.4 Å². The van der Waals surface area contributed by atoms with Crippen LogP contribution in [0.4, 0.5) is 20.4 Å². The first kappa shape index (κ1) is 39.7. The van der Waals surface area contributed by atoms with E-state index in [0.29, 0.717) is 34.9 Å². The molecule has 272 valence electrons. The number of thiazole rings is 1. The first-order chi connectivity index (χ1) is 23.0. The van der Waals surface area contributed by atoms with Crippen molar-refractivity contribution in [3.8, 4) is 0 Å². The zero-order chi connectivity index (χ0) is 37.8. The van der Waals surface area contributed by atoms with E-state index in [1.165, 1.54) is 47.4 Å². The third-order valence-corrected chi connectivity index (χ3v) is 9.69. The summed E-state index contributed by atoms with van der Waals surface area (Å²) in [4.78, 5) is 58.9. The molecule has 1 heterocycles. The molecule has 0 aliphatic rings. The third-order valence-electron chi connectivity index (χ3n) is 7.57. The monoisotopic (exact) mass is 730 g/mol. The number of sulfone groups is 1. The number of amides is 4. The summed E-state index contributed by atoms with van der Waals surface area (Å²) in [5.41, 5.74) is 0.567. The van der Waals surface area contributed by atoms with Crippen LogP contribution in [0, 0.1) is 0 Å². The molecule has 4 amide bonds. The highest BCUT2D eigenvalue weighted by Crippen LogP contribution is 2.29. The lowest BCUT2D eigenvalue weighted by molar-refractivity contribution is -0.114. The molecule has 16 heteroatoms. The standard InChI is InChI=1S/C34H46N6O8S2/c1-21(41)35-29-37-26(27(49-29)20-38(8)28(42)23-13-17-25(18-14-23)50(9,47)48)19-12-22-10-15-24(16-11-22)36-30(39(31(43)44)33(2,3)4)40(32(45)46)34(5,6)7/h10-11,13-18,30,36H,12,19-20H2,1-9H3,(H,43,44)(H,45,46)(H,35,37,41). The second-order valence-electron chi connectivity index (χ2n) is 13.9. The second kappa shape index (κ2) is 15.5. The molecule has 0 bridgehead atoms. The van der Waals surface area contributed by atoms with Gasteiger partial charge in [0.05, 0.1) is 17.1 Å². The van der Waals surface area contributed by atoms with Gasteiger partial charge in [-0.1, -0.05) is 23.5 Å². The zero-order valence-electron chi connectivity index (χ0n) is 29.8. The Hall–Kier alpha value is -4.70. The largest absolute Gasteiger partial charge is 0.465 e. The molecule has 1 aromatic heterocycles. The van der Waals surface area contributed by atoms with Crippen LogP contribution in [0.3, 0.4) is 0 Å². The van der Waals surface area contributed by atoms with E-state index in [1.807, 2.05) is 12.1 Å². The Kier molecular flexibility index (Phi) is 12.3. The van der Waals surface area contributed by atoms with Gasteiger partial charge in [-0.2, -0.15) is 0 Å². The number of nitrogens with one attached hydrogen (secondary N) is 2. The molecule has 0 spiro atoms. The van der Waals surface area contributed by atoms with Crippen molar-refractivity contribution in [2.24, 2.45) is 0 Å². The summed E-state index contributed by atoms with van der Waals surface area (Å²) in [5.74, 6) is -0.595. The maximum atomic E-state index is 13.2. The van der Waals surface area contributed by atoms with Gasteiger partial charge in [0.25, 0.3) is 5.91 Å². The van der Waals surface area contributed by atoms with Crippen LogP contribution in [-0.2, 0) is 34.0 Å². The van der Waals surface area contributed by atoms with Gasteiger partial charge in [0.2, 0.25) is 5.91 Å². The van der Waals surface area contributed by atoms with Crippen LogP contribution in [0.15, 0.2) is 53.4 Å². The van der Waals surface area contributed by atoms with E-state index >= 15 is 0 Å². The van der Waals surface area contributed by atoms with E-state index in [4.69, 9.17) is 0 Å². The SMILES string of the molecule is CC(=O)Nc1nc(CCc2ccc(NC(N(C(=O)O)C(C)(C)C)N(C(=O)O)C(C)(C)C)cc2)c(CN(C)C(=O)c2ccc(S(C)(=O)=O)cc2)s1. The van der Waals surface area contributed by atoms with E-state index in [9.17, 15) is 37.8 Å². The molecule has 0 atom stereocenters. The van der Waals surface area contributed by atoms with Crippen molar-refractivity contribution in [3.05, 3.63) is 70.2 Å². The van der Waals surface area contributed by atoms with Gasteiger partial charge in [0.1, 0.15) is 0 Å². The Labute approximate surface area is 297 Å². The van der Waals surface area contributed by atoms with E-state index in [-0.39, 0.29) is 23.3 Å². The lowest BCUT2D eigenvalue weighted by atomic mass is 10.0. The highest BCUT2D eigenvalue weighted by Gasteiger charge is 2.43. The van der Waals surface area contributed by atoms with Crippen LogP contribution in [-0.4, -0.2) is 93.0 Å². The molecule has 14 nitrogen and oxygen atoms in total. The number of anilines is 2. The fraction of sp³-hybridized carbons (Fsp3) is 0.441. The maximum absolute atomic E-state index is 13.2. The molecular weight excluding hydrogens is 685 g/mol. The number of carbonyl (C=O) groups excluding carboxylic acids is 2. The van der Waals surface area contributed by atoms with Crippen molar-refractivity contribution >= 4 is 56.0 Å². The fourth-order valence-corrected chi connectivity index (χ4v) is 6.94. The van der Waals surface area contributed by atoms with Crippen molar-refractivity contribution in [2.75, 3.05) is 23.9 Å². The lowest BCUT2D eigenvalue weighted by Crippen LogP contribution is -2.66. The van der Waals surface area contributed by atoms with Crippen molar-refractivity contribution in [1.82, 2.24) is 19.7 Å². The molecule has 0 unspecified atom stereocenters. The summed E-state index contributed by atoms with van der Waals surface area (Å²) in [6, 6.07) is 12.9. The highest BCUT2D eigenvalue weighted by atomic mass is 32.2. The fourth-order valence-electron chi connectivity index (χ4n) is 5.20. The summed E-state index contributed by atoms with van der Waals surface area (Å²) < 4.78 is 23.6. The quantitative estimate of drug-likeness (QED) is 0.165. The van der Waals surface area contributed by atoms with Crippen LogP contribution in [0.2, 0.25) is 0 Å². The number of carboxylic acid groups (broad SMARTS) is 2. The zero-order valence-corrected chi connectivity index (χ0v) is 31.4. The van der Waals surface area contributed by atoms with Crippen molar-refractivity contribution in [1.29, 1.82) is 0 Å². The van der Waals surface area contributed by atoms with Crippen LogP contribution in [0.1, 0.15) is 75.0 Å². The summed E-state index contributed by atoms with van der Waals surface area (Å²) >= 11 is 1.26. The Balaban J connectivity index is 1.82. The van der Waals surface area contributed by atoms with Gasteiger partial charge in [-0.15, -0.1) is 0 Å². The minimum absolute atomic E-state index is 0.115. The Morgan fingerprint density at radius 1 is 0.860 bits per heavy atom. The molecular formula is C34H46N6O8S2. The van der Waals surface area contributed by atoms with Gasteiger partial charge in [-0.3, -0.25) is 19.4 Å². The number of aryl methyl sites for hydroxylation is 2. The van der Waals surface area contributed by atoms with Crippen LogP contribution < -0.4 is 10.6 Å². The number of hydrogen-bond acceptors (Lipinski definition) is 9. The van der Waals surface area contributed by atoms with E-state index in [0.717, 1.165) is 26.5 Å². The maximum Gasteiger partial charge on any atom is 0.410 e. The molecule has 3 aromatic rings. The second-order valence-corrected chi connectivity index (χ2v) is 17.0. The van der Waals surface area contributed by atoms with Crippen molar-refractivity contribution in [3.63, 3.8) is 0 Å². The molecule has 0 saturated carbocycles. The molecule has 0 fully saturated rings. The van der Waals surface area contributed by atoms with Gasteiger partial charge in [0.15, 0.2) is 21.3 Å². The molecule has 0 aliphatic heterocycles. The van der Waals surface area contributed by atoms with Crippen LogP contribution in [0.25, 0.3) is 0 Å². The average Bonchev–Trinajstić information content (AvgIpc) is 3.33. The minimum Gasteiger partial charge on any atom is -0.465 e. The predicted octanol–water partition coefficient (Wildman–Crippen LogP) is 5.81. The normalized spacial score (nSPS) is 12.0. The molecule has 0 saturated heterocycles. The summed E-state index contributed by atoms with van der Waals surface area (Å²) in [7, 11) is -1.78. The lowest BCUT2D eigenvalue weighted by Gasteiger charge is -2.48. The Morgan fingerprint density at radius 3 is 1.82 bits per heavy atom. The summed E-state index contributed by atoms with van der Waals surface area (Å²) in [5, 5.41) is 26.5. The Bertz CT molecular complexity index is 1780. The summed E-state index contributed by atoms with van der Waals surface area (Å²) in [6.07, 6.45) is -1.69. The van der Waals surface area contributed by atoms with Crippen LogP contribution >= 0.6 is 11.3 Å². The van der Waals surface area contributed by atoms with Gasteiger partial charge >= 0.3 is 12.2 Å². The number of rotatable bonds is 12. The molecule has 2 aromatic carbocycles. The van der Waals surface area contributed by atoms with Crippen molar-refractivity contribution < 1.29 is 37.8 Å². The number of benzene rings is 2. The first-order valence-electron chi connectivity index (χ1n) is 15.7. The molecule has 0 radical (unpaired) electrons. The molecule has 3 rings (SSSR count). The number of aromatic nitrogens is 1. The predicted molar refractivity (Wildman–Crippen MR) is 192 cm³/mol. The smallest absolute Gasteiger partial charge is 0.410 e. The summed E-state index contributed by atoms with van der Waals surface area (Å²) in [6.45, 7) is 11.7. The van der Waals surface area contributed by atoms with E-state index in [1.54, 1.807) is 60.7 Å². The number of hydrogen-bond donors (Lipinski definition) is 4. The molecule has 0 aliphatic carbocycles.